The average Bonchev–Trinajstić information content (AvgIpc) is 3.42. The number of carbonyl (C=O) groups is 2. The Labute approximate surface area is 306 Å². The SMILES string of the molecule is COc1ccc(-c2ccc(C(=O)O)cc2C)cc1-c1cnc(N2CCCCC2)nc1CN1C(=O)O[C@H](c2cc(C(F)(F)F)cc(C(F)(F)F)c2)C12CCC2. The normalized spacial score (nSPS) is 18.4. The predicted molar refractivity (Wildman–Crippen MR) is 185 cm³/mol. The number of anilines is 1. The number of aromatic nitrogens is 2. The van der Waals surface area contributed by atoms with Gasteiger partial charge in [0.2, 0.25) is 5.95 Å². The van der Waals surface area contributed by atoms with Crippen molar-refractivity contribution in [2.24, 2.45) is 0 Å². The number of benzene rings is 3. The topological polar surface area (TPSA) is 105 Å². The van der Waals surface area contributed by atoms with E-state index in [-0.39, 0.29) is 36.6 Å². The Morgan fingerprint density at radius 1 is 0.907 bits per heavy atom. The first kappa shape index (κ1) is 37.0. The van der Waals surface area contributed by atoms with Crippen LogP contribution in [0.5, 0.6) is 5.75 Å². The van der Waals surface area contributed by atoms with Crippen molar-refractivity contribution in [1.82, 2.24) is 14.9 Å². The van der Waals surface area contributed by atoms with Gasteiger partial charge in [0.15, 0.2) is 6.10 Å². The van der Waals surface area contributed by atoms with Gasteiger partial charge < -0.3 is 19.5 Å². The lowest BCUT2D eigenvalue weighted by Gasteiger charge is -2.46. The van der Waals surface area contributed by atoms with Crippen molar-refractivity contribution in [2.45, 2.75) is 76.0 Å². The molecule has 3 heterocycles. The maximum absolute atomic E-state index is 13.9. The van der Waals surface area contributed by atoms with Crippen LogP contribution in [0.3, 0.4) is 0 Å². The third kappa shape index (κ3) is 6.79. The number of piperidine rings is 1. The molecule has 1 N–H and O–H groups in total. The first-order chi connectivity index (χ1) is 25.6. The molecule has 1 atom stereocenters. The molecule has 1 amide bonds. The summed E-state index contributed by atoms with van der Waals surface area (Å²) in [6, 6.07) is 11.5. The van der Waals surface area contributed by atoms with Crippen LogP contribution in [-0.2, 0) is 23.6 Å². The first-order valence-corrected chi connectivity index (χ1v) is 17.5. The van der Waals surface area contributed by atoms with Gasteiger partial charge in [0.25, 0.3) is 0 Å². The number of aromatic carboxylic acids is 1. The fourth-order valence-corrected chi connectivity index (χ4v) is 7.75. The highest BCUT2D eigenvalue weighted by molar-refractivity contribution is 5.89. The molecule has 2 saturated heterocycles. The number of carbonyl (C=O) groups excluding carboxylic acids is 1. The summed E-state index contributed by atoms with van der Waals surface area (Å²) >= 11 is 0. The van der Waals surface area contributed by atoms with Gasteiger partial charge in [-0.15, -0.1) is 0 Å². The standard InChI is InChI=1S/C39H36F6N4O5/c1-22-15-24(34(50)51)7-9-28(22)23-8-10-32(53-2)29(18-23)30-20-46-35(48-13-4-3-5-14-48)47-31(30)21-49-36(52)54-33(37(49)11-6-12-37)25-16-26(38(40,41)42)19-27(17-25)39(43,44)45/h7-10,15-20,33H,3-6,11-14,21H2,1-2H3,(H,50,51)/t33-/m1/s1. The zero-order chi connectivity index (χ0) is 38.6. The molecule has 3 fully saturated rings. The monoisotopic (exact) mass is 754 g/mol. The lowest BCUT2D eigenvalue weighted by molar-refractivity contribution is -0.143. The van der Waals surface area contributed by atoms with Crippen LogP contribution in [0, 0.1) is 6.92 Å². The van der Waals surface area contributed by atoms with Crippen LogP contribution in [0.1, 0.15) is 82.9 Å². The Balaban J connectivity index is 1.33. The van der Waals surface area contributed by atoms with Gasteiger partial charge in [-0.05, 0) is 110 Å². The number of aryl methyl sites for hydroxylation is 1. The maximum atomic E-state index is 13.9. The highest BCUT2D eigenvalue weighted by Crippen LogP contribution is 2.55. The van der Waals surface area contributed by atoms with E-state index in [1.54, 1.807) is 31.3 Å². The van der Waals surface area contributed by atoms with E-state index in [2.05, 4.69) is 0 Å². The number of rotatable bonds is 8. The average molecular weight is 755 g/mol. The van der Waals surface area contributed by atoms with Crippen LogP contribution in [0.2, 0.25) is 0 Å². The molecule has 15 heteroatoms. The number of ether oxygens (including phenoxy) is 2. The fourth-order valence-electron chi connectivity index (χ4n) is 7.75. The number of amides is 1. The van der Waals surface area contributed by atoms with Crippen molar-refractivity contribution in [3.05, 3.63) is 94.3 Å². The molecule has 0 unspecified atom stereocenters. The van der Waals surface area contributed by atoms with Crippen molar-refractivity contribution in [1.29, 1.82) is 0 Å². The number of alkyl halides is 6. The molecule has 1 aromatic heterocycles. The van der Waals surface area contributed by atoms with Gasteiger partial charge >= 0.3 is 24.4 Å². The van der Waals surface area contributed by atoms with Crippen molar-refractivity contribution < 1.29 is 50.5 Å². The summed E-state index contributed by atoms with van der Waals surface area (Å²) in [4.78, 5) is 38.4. The molecule has 2 aliphatic heterocycles. The highest BCUT2D eigenvalue weighted by Gasteiger charge is 2.59. The van der Waals surface area contributed by atoms with E-state index >= 15 is 0 Å². The summed E-state index contributed by atoms with van der Waals surface area (Å²) in [5.41, 5.74) is -0.838. The van der Waals surface area contributed by atoms with Crippen LogP contribution < -0.4 is 9.64 Å². The van der Waals surface area contributed by atoms with Crippen molar-refractivity contribution in [3.63, 3.8) is 0 Å². The Morgan fingerprint density at radius 3 is 2.17 bits per heavy atom. The second-order valence-corrected chi connectivity index (χ2v) is 14.0. The smallest absolute Gasteiger partial charge is 0.416 e. The third-order valence-corrected chi connectivity index (χ3v) is 10.7. The van der Waals surface area contributed by atoms with Gasteiger partial charge in [-0.25, -0.2) is 19.6 Å². The summed E-state index contributed by atoms with van der Waals surface area (Å²) < 4.78 is 94.8. The van der Waals surface area contributed by atoms with Gasteiger partial charge in [0, 0.05) is 30.4 Å². The molecule has 4 aromatic rings. The molecular formula is C39H36F6N4O5. The molecule has 284 valence electrons. The van der Waals surface area contributed by atoms with Gasteiger partial charge in [0.05, 0.1) is 41.6 Å². The van der Waals surface area contributed by atoms with Crippen LogP contribution in [0.25, 0.3) is 22.3 Å². The maximum Gasteiger partial charge on any atom is 0.416 e. The second kappa shape index (κ2) is 13.8. The number of nitrogens with zero attached hydrogens (tertiary/aromatic N) is 4. The van der Waals surface area contributed by atoms with Crippen LogP contribution in [-0.4, -0.2) is 57.8 Å². The Hall–Kier alpha value is -5.34. The molecule has 54 heavy (non-hydrogen) atoms. The zero-order valence-corrected chi connectivity index (χ0v) is 29.4. The lowest BCUT2D eigenvalue weighted by Crippen LogP contribution is -2.53. The van der Waals surface area contributed by atoms with E-state index in [1.807, 2.05) is 17.0 Å². The summed E-state index contributed by atoms with van der Waals surface area (Å²) in [7, 11) is 1.49. The summed E-state index contributed by atoms with van der Waals surface area (Å²) in [6.07, 6.45) is -6.76. The quantitative estimate of drug-likeness (QED) is 0.178. The van der Waals surface area contributed by atoms with E-state index in [1.165, 1.54) is 18.1 Å². The van der Waals surface area contributed by atoms with Crippen LogP contribution >= 0.6 is 0 Å². The fraction of sp³-hybridized carbons (Fsp3) is 0.385. The molecular weight excluding hydrogens is 718 g/mol. The predicted octanol–water partition coefficient (Wildman–Crippen LogP) is 9.47. The molecule has 7 rings (SSSR count). The van der Waals surface area contributed by atoms with E-state index in [4.69, 9.17) is 19.4 Å². The molecule has 0 radical (unpaired) electrons. The number of carboxylic acid groups (broad SMARTS) is 1. The van der Waals surface area contributed by atoms with E-state index in [9.17, 15) is 41.0 Å². The molecule has 1 aliphatic carbocycles. The molecule has 3 aliphatic rings. The van der Waals surface area contributed by atoms with E-state index in [0.717, 1.165) is 30.4 Å². The summed E-state index contributed by atoms with van der Waals surface area (Å²) in [5.74, 6) is -0.197. The first-order valence-electron chi connectivity index (χ1n) is 17.5. The number of hydrogen-bond acceptors (Lipinski definition) is 7. The van der Waals surface area contributed by atoms with Crippen molar-refractivity contribution in [3.8, 4) is 28.0 Å². The van der Waals surface area contributed by atoms with Crippen molar-refractivity contribution >= 4 is 18.0 Å². The molecule has 1 spiro atoms. The molecule has 9 nitrogen and oxygen atoms in total. The van der Waals surface area contributed by atoms with Crippen LogP contribution in [0.4, 0.5) is 37.1 Å². The summed E-state index contributed by atoms with van der Waals surface area (Å²) in [5, 5.41) is 9.48. The molecule has 1 saturated carbocycles. The number of cyclic esters (lactones) is 1. The van der Waals surface area contributed by atoms with Gasteiger partial charge in [-0.3, -0.25) is 4.90 Å². The Morgan fingerprint density at radius 2 is 1.59 bits per heavy atom. The number of methoxy groups -OCH3 is 1. The number of carboxylic acids is 1. The number of hydrogen-bond donors (Lipinski definition) is 1. The minimum atomic E-state index is -5.07. The Bertz CT molecular complexity index is 2080. The summed E-state index contributed by atoms with van der Waals surface area (Å²) in [6.45, 7) is 3.03. The molecule has 0 bridgehead atoms. The Kier molecular flexibility index (Phi) is 9.47. The van der Waals surface area contributed by atoms with Gasteiger partial charge in [-0.2, -0.15) is 26.3 Å². The van der Waals surface area contributed by atoms with Gasteiger partial charge in [0.1, 0.15) is 5.75 Å². The molecule has 3 aromatic carbocycles. The minimum absolute atomic E-state index is 0.0598. The van der Waals surface area contributed by atoms with Crippen molar-refractivity contribution in [2.75, 3.05) is 25.1 Å². The third-order valence-electron chi connectivity index (χ3n) is 10.7. The minimum Gasteiger partial charge on any atom is -0.496 e. The largest absolute Gasteiger partial charge is 0.496 e. The van der Waals surface area contributed by atoms with Gasteiger partial charge in [-0.1, -0.05) is 12.1 Å². The van der Waals surface area contributed by atoms with Crippen LogP contribution in [0.15, 0.2) is 60.8 Å². The van der Waals surface area contributed by atoms with E-state index in [0.29, 0.717) is 65.7 Å². The second-order valence-electron chi connectivity index (χ2n) is 14.0. The zero-order valence-electron chi connectivity index (χ0n) is 29.4. The highest BCUT2D eigenvalue weighted by atomic mass is 19.4. The lowest BCUT2D eigenvalue weighted by atomic mass is 9.70. The number of halogens is 6. The van der Waals surface area contributed by atoms with E-state index < -0.39 is 47.2 Å².